The standard InChI is InChI=1S/C30H32ClN5O4S/c1-21-17-23(18-24(20-32)30(37)33-27-8-4-3-7-26(27)31)22(2)36(21)29-19-25(9-10-28(29)34-11-5-6-12-34)41(38,39)35-13-15-40-16-14-35/h3-4,7-10,17-19H,5-6,11-16H2,1-2H3,(H,33,37). The molecule has 2 aliphatic rings. The zero-order valence-corrected chi connectivity index (χ0v) is 24.6. The fourth-order valence-electron chi connectivity index (χ4n) is 5.37. The number of para-hydroxylation sites is 1. The van der Waals surface area contributed by atoms with Gasteiger partial charge in [-0.1, -0.05) is 23.7 Å². The molecule has 0 spiro atoms. The predicted molar refractivity (Wildman–Crippen MR) is 160 cm³/mol. The highest BCUT2D eigenvalue weighted by Crippen LogP contribution is 2.34. The molecular weight excluding hydrogens is 562 g/mol. The first-order valence-electron chi connectivity index (χ1n) is 13.5. The summed E-state index contributed by atoms with van der Waals surface area (Å²) in [4.78, 5) is 15.4. The van der Waals surface area contributed by atoms with E-state index in [-0.39, 0.29) is 10.5 Å². The Morgan fingerprint density at radius 3 is 2.41 bits per heavy atom. The topological polar surface area (TPSA) is 108 Å². The number of nitriles is 1. The van der Waals surface area contributed by atoms with Crippen LogP contribution < -0.4 is 10.2 Å². The fraction of sp³-hybridized carbons (Fsp3) is 0.333. The van der Waals surface area contributed by atoms with Gasteiger partial charge in [0.1, 0.15) is 11.6 Å². The molecule has 3 heterocycles. The lowest BCUT2D eigenvalue weighted by molar-refractivity contribution is -0.112. The molecule has 0 saturated carbocycles. The van der Waals surface area contributed by atoms with E-state index >= 15 is 0 Å². The predicted octanol–water partition coefficient (Wildman–Crippen LogP) is 4.91. The van der Waals surface area contributed by atoms with E-state index in [9.17, 15) is 18.5 Å². The normalized spacial score (nSPS) is 16.5. The third kappa shape index (κ3) is 5.90. The molecule has 1 aromatic heterocycles. The lowest BCUT2D eigenvalue weighted by atomic mass is 10.1. The van der Waals surface area contributed by atoms with Crippen LogP contribution in [-0.4, -0.2) is 62.6 Å². The number of amides is 1. The van der Waals surface area contributed by atoms with Crippen LogP contribution in [0.1, 0.15) is 29.8 Å². The molecule has 2 saturated heterocycles. The highest BCUT2D eigenvalue weighted by molar-refractivity contribution is 7.89. The van der Waals surface area contributed by atoms with Gasteiger partial charge < -0.3 is 19.5 Å². The largest absolute Gasteiger partial charge is 0.379 e. The van der Waals surface area contributed by atoms with E-state index in [0.717, 1.165) is 48.7 Å². The van der Waals surface area contributed by atoms with Gasteiger partial charge in [-0.2, -0.15) is 9.57 Å². The second-order valence-corrected chi connectivity index (χ2v) is 12.5. The third-order valence-electron chi connectivity index (χ3n) is 7.50. The fourth-order valence-corrected chi connectivity index (χ4v) is 6.98. The maximum atomic E-state index is 13.6. The van der Waals surface area contributed by atoms with Crippen LogP contribution in [0, 0.1) is 25.2 Å². The number of benzene rings is 2. The molecule has 0 aliphatic carbocycles. The van der Waals surface area contributed by atoms with Crippen molar-refractivity contribution in [1.29, 1.82) is 5.26 Å². The molecule has 11 heteroatoms. The van der Waals surface area contributed by atoms with E-state index in [1.54, 1.807) is 42.5 Å². The molecule has 0 bridgehead atoms. The number of rotatable bonds is 7. The van der Waals surface area contributed by atoms with Crippen molar-refractivity contribution in [2.45, 2.75) is 31.6 Å². The number of aromatic nitrogens is 1. The van der Waals surface area contributed by atoms with Gasteiger partial charge >= 0.3 is 0 Å². The van der Waals surface area contributed by atoms with Gasteiger partial charge in [-0.05, 0) is 74.7 Å². The molecule has 2 fully saturated rings. The number of ether oxygens (including phenoxy) is 1. The monoisotopic (exact) mass is 593 g/mol. The average molecular weight is 594 g/mol. The summed E-state index contributed by atoms with van der Waals surface area (Å²) in [7, 11) is -3.72. The summed E-state index contributed by atoms with van der Waals surface area (Å²) in [6, 6.07) is 16.0. The van der Waals surface area contributed by atoms with Gasteiger partial charge in [-0.3, -0.25) is 4.79 Å². The van der Waals surface area contributed by atoms with E-state index in [0.29, 0.717) is 42.6 Å². The first-order chi connectivity index (χ1) is 19.7. The third-order valence-corrected chi connectivity index (χ3v) is 9.72. The Bertz CT molecular complexity index is 1650. The summed E-state index contributed by atoms with van der Waals surface area (Å²) in [5.74, 6) is -0.568. The number of hydrogen-bond donors (Lipinski definition) is 1. The first kappa shape index (κ1) is 28.9. The molecular formula is C30H32ClN5O4S. The second kappa shape index (κ2) is 12.1. The van der Waals surface area contributed by atoms with Crippen molar-refractivity contribution in [1.82, 2.24) is 8.87 Å². The number of halogens is 1. The van der Waals surface area contributed by atoms with Crippen molar-refractivity contribution in [2.24, 2.45) is 0 Å². The molecule has 2 aromatic carbocycles. The minimum Gasteiger partial charge on any atom is -0.379 e. The molecule has 0 radical (unpaired) electrons. The number of nitrogens with one attached hydrogen (secondary N) is 1. The summed E-state index contributed by atoms with van der Waals surface area (Å²) in [6.07, 6.45) is 3.68. The highest BCUT2D eigenvalue weighted by Gasteiger charge is 2.29. The Morgan fingerprint density at radius 1 is 1.02 bits per heavy atom. The Balaban J connectivity index is 1.56. The quantitative estimate of drug-likeness (QED) is 0.308. The Kier molecular flexibility index (Phi) is 8.52. The number of sulfonamides is 1. The van der Waals surface area contributed by atoms with Gasteiger partial charge in [0.15, 0.2) is 0 Å². The first-order valence-corrected chi connectivity index (χ1v) is 15.4. The molecule has 0 unspecified atom stereocenters. The van der Waals surface area contributed by atoms with Crippen LogP contribution in [-0.2, 0) is 19.6 Å². The molecule has 3 aromatic rings. The van der Waals surface area contributed by atoms with Crippen LogP contribution >= 0.6 is 11.6 Å². The molecule has 0 atom stereocenters. The van der Waals surface area contributed by atoms with Gasteiger partial charge in [0.25, 0.3) is 5.91 Å². The highest BCUT2D eigenvalue weighted by atomic mass is 35.5. The summed E-state index contributed by atoms with van der Waals surface area (Å²) in [5.41, 5.74) is 4.34. The van der Waals surface area contributed by atoms with E-state index in [1.165, 1.54) is 4.31 Å². The van der Waals surface area contributed by atoms with Gasteiger partial charge in [0.05, 0.1) is 40.2 Å². The number of anilines is 2. The maximum absolute atomic E-state index is 13.6. The lowest BCUT2D eigenvalue weighted by Crippen LogP contribution is -2.40. The Morgan fingerprint density at radius 2 is 1.73 bits per heavy atom. The summed E-state index contributed by atoms with van der Waals surface area (Å²) >= 11 is 6.18. The molecule has 41 heavy (non-hydrogen) atoms. The van der Waals surface area contributed by atoms with Crippen LogP contribution in [0.15, 0.2) is 59.0 Å². The zero-order chi connectivity index (χ0) is 29.1. The van der Waals surface area contributed by atoms with Crippen molar-refractivity contribution in [3.8, 4) is 11.8 Å². The van der Waals surface area contributed by atoms with Crippen molar-refractivity contribution in [3.63, 3.8) is 0 Å². The molecule has 214 valence electrons. The number of morpholine rings is 1. The molecule has 2 aliphatic heterocycles. The van der Waals surface area contributed by atoms with Crippen LogP contribution in [0.4, 0.5) is 11.4 Å². The number of hydrogen-bond acceptors (Lipinski definition) is 6. The number of carbonyl (C=O) groups excluding carboxylic acids is 1. The van der Waals surface area contributed by atoms with Gasteiger partial charge in [-0.15, -0.1) is 0 Å². The van der Waals surface area contributed by atoms with Gasteiger partial charge in [-0.25, -0.2) is 8.42 Å². The van der Waals surface area contributed by atoms with Gasteiger partial charge in [0.2, 0.25) is 10.0 Å². The smallest absolute Gasteiger partial charge is 0.266 e. The number of nitrogens with zero attached hydrogens (tertiary/aromatic N) is 4. The van der Waals surface area contributed by atoms with Gasteiger partial charge in [0, 0.05) is 37.6 Å². The Labute approximate surface area is 245 Å². The second-order valence-electron chi connectivity index (χ2n) is 10.1. The summed E-state index contributed by atoms with van der Waals surface area (Å²) in [5, 5.41) is 12.9. The van der Waals surface area contributed by atoms with Crippen LogP contribution in [0.25, 0.3) is 11.8 Å². The van der Waals surface area contributed by atoms with E-state index in [2.05, 4.69) is 10.2 Å². The molecule has 1 amide bonds. The van der Waals surface area contributed by atoms with Crippen molar-refractivity contribution in [3.05, 3.63) is 76.1 Å². The Hall–Kier alpha value is -3.62. The molecule has 5 rings (SSSR count). The molecule has 1 N–H and O–H groups in total. The minimum absolute atomic E-state index is 0.0754. The van der Waals surface area contributed by atoms with Crippen molar-refractivity contribution < 1.29 is 17.9 Å². The van der Waals surface area contributed by atoms with Crippen LogP contribution in [0.3, 0.4) is 0 Å². The van der Waals surface area contributed by atoms with Crippen LogP contribution in [0.5, 0.6) is 0 Å². The van der Waals surface area contributed by atoms with Crippen LogP contribution in [0.2, 0.25) is 5.02 Å². The van der Waals surface area contributed by atoms with Crippen molar-refractivity contribution in [2.75, 3.05) is 49.6 Å². The SMILES string of the molecule is Cc1cc(C=C(C#N)C(=O)Nc2ccccc2Cl)c(C)n1-c1cc(S(=O)(=O)N2CCOCC2)ccc1N1CCCC1. The minimum atomic E-state index is -3.72. The summed E-state index contributed by atoms with van der Waals surface area (Å²) in [6.45, 7) is 6.97. The number of aryl methyl sites for hydroxylation is 1. The maximum Gasteiger partial charge on any atom is 0.266 e. The van der Waals surface area contributed by atoms with Crippen molar-refractivity contribution >= 4 is 45.0 Å². The number of carbonyl (C=O) groups is 1. The average Bonchev–Trinajstić information content (AvgIpc) is 3.60. The van der Waals surface area contributed by atoms with E-state index in [4.69, 9.17) is 16.3 Å². The van der Waals surface area contributed by atoms with E-state index in [1.807, 2.05) is 36.6 Å². The summed E-state index contributed by atoms with van der Waals surface area (Å²) < 4.78 is 35.9. The van der Waals surface area contributed by atoms with E-state index < -0.39 is 15.9 Å². The lowest BCUT2D eigenvalue weighted by Gasteiger charge is -2.28. The molecule has 9 nitrogen and oxygen atoms in total. The zero-order valence-electron chi connectivity index (χ0n) is 23.1.